The van der Waals surface area contributed by atoms with E-state index in [-0.39, 0.29) is 0 Å². The molecule has 0 atom stereocenters. The standard InChI is InChI=1S/C14H22N6S2/c1-9-12(22-10(2)18-9)7-17-13(15-3)16-6-11-8-21-14(19-11)20(4)5/h8H,6-7H2,1-5H3,(H2,15,16,17). The van der Waals surface area contributed by atoms with Crippen LogP contribution in [0.1, 0.15) is 21.3 Å². The Morgan fingerprint density at radius 3 is 2.50 bits per heavy atom. The van der Waals surface area contributed by atoms with Crippen LogP contribution in [0.25, 0.3) is 0 Å². The number of thiazole rings is 2. The maximum Gasteiger partial charge on any atom is 0.191 e. The lowest BCUT2D eigenvalue weighted by Crippen LogP contribution is -2.36. The van der Waals surface area contributed by atoms with Crippen molar-refractivity contribution in [2.75, 3.05) is 26.0 Å². The van der Waals surface area contributed by atoms with Gasteiger partial charge in [-0.1, -0.05) is 0 Å². The monoisotopic (exact) mass is 338 g/mol. The highest BCUT2D eigenvalue weighted by molar-refractivity contribution is 7.13. The Labute approximate surface area is 139 Å². The Morgan fingerprint density at radius 1 is 1.23 bits per heavy atom. The van der Waals surface area contributed by atoms with E-state index in [0.29, 0.717) is 6.54 Å². The van der Waals surface area contributed by atoms with E-state index in [9.17, 15) is 0 Å². The van der Waals surface area contributed by atoms with Gasteiger partial charge in [-0.15, -0.1) is 22.7 Å². The molecule has 0 aliphatic rings. The molecule has 0 fully saturated rings. The topological polar surface area (TPSA) is 65.4 Å². The molecule has 0 aromatic carbocycles. The highest BCUT2D eigenvalue weighted by Crippen LogP contribution is 2.18. The van der Waals surface area contributed by atoms with E-state index in [0.717, 1.165) is 34.0 Å². The van der Waals surface area contributed by atoms with E-state index in [1.54, 1.807) is 29.7 Å². The number of aromatic nitrogens is 2. The van der Waals surface area contributed by atoms with Gasteiger partial charge >= 0.3 is 0 Å². The predicted octanol–water partition coefficient (Wildman–Crippen LogP) is 2.15. The number of rotatable bonds is 5. The molecule has 0 saturated heterocycles. The van der Waals surface area contributed by atoms with Crippen molar-refractivity contribution in [2.45, 2.75) is 26.9 Å². The molecule has 0 bridgehead atoms. The first-order chi connectivity index (χ1) is 10.5. The lowest BCUT2D eigenvalue weighted by Gasteiger charge is -2.10. The highest BCUT2D eigenvalue weighted by Gasteiger charge is 2.07. The number of hydrogen-bond donors (Lipinski definition) is 2. The minimum absolute atomic E-state index is 0.657. The number of aliphatic imine (C=N–C) groups is 1. The molecule has 8 heteroatoms. The molecule has 2 aromatic rings. The molecule has 2 heterocycles. The van der Waals surface area contributed by atoms with Crippen molar-refractivity contribution in [2.24, 2.45) is 4.99 Å². The fourth-order valence-electron chi connectivity index (χ4n) is 1.88. The van der Waals surface area contributed by atoms with Crippen molar-refractivity contribution in [3.05, 3.63) is 26.7 Å². The molecule has 0 unspecified atom stereocenters. The average Bonchev–Trinajstić information content (AvgIpc) is 3.06. The summed E-state index contributed by atoms with van der Waals surface area (Å²) in [6.45, 7) is 5.45. The Bertz CT molecular complexity index is 644. The maximum atomic E-state index is 4.54. The van der Waals surface area contributed by atoms with Crippen molar-refractivity contribution in [3.8, 4) is 0 Å². The first-order valence-electron chi connectivity index (χ1n) is 6.98. The van der Waals surface area contributed by atoms with Gasteiger partial charge in [0, 0.05) is 31.4 Å². The minimum atomic E-state index is 0.657. The summed E-state index contributed by atoms with van der Waals surface area (Å²) in [6.07, 6.45) is 0. The Kier molecular flexibility index (Phi) is 5.73. The lowest BCUT2D eigenvalue weighted by atomic mass is 10.4. The van der Waals surface area contributed by atoms with Gasteiger partial charge in [0.1, 0.15) is 0 Å². The van der Waals surface area contributed by atoms with Crippen LogP contribution in [-0.2, 0) is 13.1 Å². The van der Waals surface area contributed by atoms with Crippen LogP contribution in [-0.4, -0.2) is 37.1 Å². The van der Waals surface area contributed by atoms with E-state index >= 15 is 0 Å². The third-order valence-electron chi connectivity index (χ3n) is 3.00. The molecule has 0 radical (unpaired) electrons. The largest absolute Gasteiger partial charge is 0.354 e. The van der Waals surface area contributed by atoms with Crippen LogP contribution in [0.5, 0.6) is 0 Å². The first-order valence-corrected chi connectivity index (χ1v) is 8.68. The van der Waals surface area contributed by atoms with E-state index in [1.165, 1.54) is 4.88 Å². The van der Waals surface area contributed by atoms with Crippen molar-refractivity contribution in [3.63, 3.8) is 0 Å². The normalized spacial score (nSPS) is 11.6. The predicted molar refractivity (Wildman–Crippen MR) is 95.1 cm³/mol. The minimum Gasteiger partial charge on any atom is -0.354 e. The molecule has 0 amide bonds. The second-order valence-electron chi connectivity index (χ2n) is 5.04. The lowest BCUT2D eigenvalue weighted by molar-refractivity contribution is 0.799. The maximum absolute atomic E-state index is 4.54. The summed E-state index contributed by atoms with van der Waals surface area (Å²) < 4.78 is 0. The molecule has 0 spiro atoms. The smallest absolute Gasteiger partial charge is 0.191 e. The van der Waals surface area contributed by atoms with Crippen molar-refractivity contribution >= 4 is 33.8 Å². The summed E-state index contributed by atoms with van der Waals surface area (Å²) in [6, 6.07) is 0. The second-order valence-corrected chi connectivity index (χ2v) is 7.16. The van der Waals surface area contributed by atoms with Gasteiger partial charge in [-0.2, -0.15) is 0 Å². The summed E-state index contributed by atoms with van der Waals surface area (Å²) in [7, 11) is 5.76. The summed E-state index contributed by atoms with van der Waals surface area (Å²) in [5.74, 6) is 0.768. The zero-order valence-corrected chi connectivity index (χ0v) is 15.2. The van der Waals surface area contributed by atoms with E-state index in [2.05, 4.69) is 31.0 Å². The van der Waals surface area contributed by atoms with Crippen LogP contribution < -0.4 is 15.5 Å². The fraction of sp³-hybridized carbons (Fsp3) is 0.500. The number of hydrogen-bond acceptors (Lipinski definition) is 6. The van der Waals surface area contributed by atoms with Gasteiger partial charge in [0.15, 0.2) is 11.1 Å². The van der Waals surface area contributed by atoms with E-state index in [1.807, 2.05) is 32.8 Å². The second kappa shape index (κ2) is 7.55. The third-order valence-corrected chi connectivity index (χ3v) is 5.13. The fourth-order valence-corrected chi connectivity index (χ4v) is 3.51. The summed E-state index contributed by atoms with van der Waals surface area (Å²) >= 11 is 3.36. The number of aryl methyl sites for hydroxylation is 2. The molecular weight excluding hydrogens is 316 g/mol. The third kappa shape index (κ3) is 4.41. The molecule has 2 N–H and O–H groups in total. The molecule has 0 saturated carbocycles. The number of anilines is 1. The van der Waals surface area contributed by atoms with Crippen molar-refractivity contribution < 1.29 is 0 Å². The van der Waals surface area contributed by atoms with Gasteiger partial charge in [-0.25, -0.2) is 9.97 Å². The first kappa shape index (κ1) is 16.7. The van der Waals surface area contributed by atoms with E-state index < -0.39 is 0 Å². The SMILES string of the molecule is CN=C(NCc1csc(N(C)C)n1)NCc1sc(C)nc1C. The molecule has 22 heavy (non-hydrogen) atoms. The summed E-state index contributed by atoms with van der Waals surface area (Å²) in [5.41, 5.74) is 2.10. The Morgan fingerprint density at radius 2 is 1.95 bits per heavy atom. The molecule has 0 aliphatic carbocycles. The Balaban J connectivity index is 1.86. The quantitative estimate of drug-likeness (QED) is 0.646. The molecule has 2 aromatic heterocycles. The van der Waals surface area contributed by atoms with Crippen LogP contribution in [0.4, 0.5) is 5.13 Å². The van der Waals surface area contributed by atoms with Crippen molar-refractivity contribution in [1.29, 1.82) is 0 Å². The molecule has 6 nitrogen and oxygen atoms in total. The number of nitrogens with zero attached hydrogens (tertiary/aromatic N) is 4. The molecule has 0 aliphatic heterocycles. The van der Waals surface area contributed by atoms with Gasteiger partial charge in [0.05, 0.1) is 29.5 Å². The van der Waals surface area contributed by atoms with Gasteiger partial charge in [0.25, 0.3) is 0 Å². The van der Waals surface area contributed by atoms with Gasteiger partial charge in [-0.05, 0) is 13.8 Å². The van der Waals surface area contributed by atoms with Crippen LogP contribution >= 0.6 is 22.7 Å². The summed E-state index contributed by atoms with van der Waals surface area (Å²) in [4.78, 5) is 16.5. The Hall–Kier alpha value is -1.67. The van der Waals surface area contributed by atoms with Crippen LogP contribution in [0.3, 0.4) is 0 Å². The van der Waals surface area contributed by atoms with Gasteiger partial charge in [-0.3, -0.25) is 4.99 Å². The molecular formula is C14H22N6S2. The van der Waals surface area contributed by atoms with Crippen LogP contribution in [0, 0.1) is 13.8 Å². The summed E-state index contributed by atoms with van der Waals surface area (Å²) in [5, 5.41) is 10.8. The molecule has 2 rings (SSSR count). The van der Waals surface area contributed by atoms with Gasteiger partial charge in [0.2, 0.25) is 0 Å². The zero-order chi connectivity index (χ0) is 16.1. The number of nitrogens with one attached hydrogen (secondary N) is 2. The van der Waals surface area contributed by atoms with Crippen LogP contribution in [0.2, 0.25) is 0 Å². The van der Waals surface area contributed by atoms with Crippen LogP contribution in [0.15, 0.2) is 10.4 Å². The van der Waals surface area contributed by atoms with E-state index in [4.69, 9.17) is 0 Å². The number of guanidine groups is 1. The van der Waals surface area contributed by atoms with Crippen molar-refractivity contribution in [1.82, 2.24) is 20.6 Å². The highest BCUT2D eigenvalue weighted by atomic mass is 32.1. The van der Waals surface area contributed by atoms with Gasteiger partial charge < -0.3 is 15.5 Å². The average molecular weight is 339 g/mol. The molecule has 120 valence electrons. The zero-order valence-electron chi connectivity index (χ0n) is 13.6.